The molecule has 0 amide bonds. The van der Waals surface area contributed by atoms with Gasteiger partial charge in [0.05, 0.1) is 6.54 Å². The van der Waals surface area contributed by atoms with Gasteiger partial charge in [0.1, 0.15) is 0 Å². The topological polar surface area (TPSA) is 29.9 Å². The van der Waals surface area contributed by atoms with E-state index in [0.29, 0.717) is 6.04 Å². The Bertz CT molecular complexity index is 543. The average molecular weight is 255 g/mol. The van der Waals surface area contributed by atoms with Gasteiger partial charge in [-0.2, -0.15) is 5.10 Å². The highest BCUT2D eigenvalue weighted by Crippen LogP contribution is 2.44. The number of fused-ring (bicyclic) bond motifs is 1. The molecule has 3 nitrogen and oxygen atoms in total. The zero-order chi connectivity index (χ0) is 13.3. The monoisotopic (exact) mass is 255 g/mol. The van der Waals surface area contributed by atoms with Crippen LogP contribution in [0.2, 0.25) is 0 Å². The average Bonchev–Trinajstić information content (AvgIpc) is 2.96. The number of nitrogens with one attached hydrogen (secondary N) is 1. The molecule has 1 atom stereocenters. The Kier molecular flexibility index (Phi) is 3.15. The first-order chi connectivity index (χ1) is 9.17. The molecule has 2 aromatic rings. The van der Waals surface area contributed by atoms with E-state index < -0.39 is 0 Å². The van der Waals surface area contributed by atoms with E-state index in [1.165, 1.54) is 11.1 Å². The predicted molar refractivity (Wildman–Crippen MR) is 76.9 cm³/mol. The number of hydrogen-bond acceptors (Lipinski definition) is 2. The lowest BCUT2D eigenvalue weighted by Crippen LogP contribution is -2.33. The molecule has 1 aromatic carbocycles. The highest BCUT2D eigenvalue weighted by molar-refractivity contribution is 5.37. The van der Waals surface area contributed by atoms with Gasteiger partial charge in [0.15, 0.2) is 0 Å². The van der Waals surface area contributed by atoms with Crippen molar-refractivity contribution >= 4 is 0 Å². The molecule has 1 aromatic heterocycles. The molecule has 0 saturated carbocycles. The minimum absolute atomic E-state index is 0.286. The van der Waals surface area contributed by atoms with Crippen LogP contribution >= 0.6 is 0 Å². The number of aromatic nitrogens is 2. The minimum atomic E-state index is 0.286. The molecular weight excluding hydrogens is 234 g/mol. The summed E-state index contributed by atoms with van der Waals surface area (Å²) in [6.07, 6.45) is 4.99. The standard InChI is InChI=1S/C16H21N3/c1-16(2)12-13-6-3-4-7-14(13)15(16)17-9-11-19-10-5-8-18-19/h3-8,10,15,17H,9,11-12H2,1-2H3. The van der Waals surface area contributed by atoms with Gasteiger partial charge in [-0.25, -0.2) is 0 Å². The van der Waals surface area contributed by atoms with E-state index >= 15 is 0 Å². The maximum absolute atomic E-state index is 4.24. The molecule has 1 heterocycles. The third-order valence-corrected chi connectivity index (χ3v) is 4.04. The molecular formula is C16H21N3. The quantitative estimate of drug-likeness (QED) is 0.910. The van der Waals surface area contributed by atoms with Crippen molar-refractivity contribution in [2.45, 2.75) is 32.9 Å². The fraction of sp³-hybridized carbons (Fsp3) is 0.438. The van der Waals surface area contributed by atoms with Crippen LogP contribution in [0.25, 0.3) is 0 Å². The van der Waals surface area contributed by atoms with Gasteiger partial charge in [0.2, 0.25) is 0 Å². The van der Waals surface area contributed by atoms with E-state index in [4.69, 9.17) is 0 Å². The van der Waals surface area contributed by atoms with Crippen molar-refractivity contribution in [1.29, 1.82) is 0 Å². The smallest absolute Gasteiger partial charge is 0.0534 e. The van der Waals surface area contributed by atoms with Crippen LogP contribution in [0, 0.1) is 5.41 Å². The molecule has 0 spiro atoms. The SMILES string of the molecule is CC1(C)Cc2ccccc2C1NCCn1cccn1. The van der Waals surface area contributed by atoms with E-state index in [-0.39, 0.29) is 5.41 Å². The second-order valence-corrected chi connectivity index (χ2v) is 6.02. The number of hydrogen-bond donors (Lipinski definition) is 1. The molecule has 19 heavy (non-hydrogen) atoms. The van der Waals surface area contributed by atoms with Crippen molar-refractivity contribution in [1.82, 2.24) is 15.1 Å². The molecule has 0 bridgehead atoms. The number of benzene rings is 1. The third kappa shape index (κ3) is 2.43. The zero-order valence-corrected chi connectivity index (χ0v) is 11.6. The van der Waals surface area contributed by atoms with E-state index in [1.54, 1.807) is 0 Å². The molecule has 1 aliphatic rings. The van der Waals surface area contributed by atoms with Gasteiger partial charge in [-0.1, -0.05) is 38.1 Å². The van der Waals surface area contributed by atoms with E-state index in [0.717, 1.165) is 19.5 Å². The predicted octanol–water partition coefficient (Wildman–Crippen LogP) is 2.80. The molecule has 3 heteroatoms. The first-order valence-corrected chi connectivity index (χ1v) is 6.95. The summed E-state index contributed by atoms with van der Waals surface area (Å²) in [7, 11) is 0. The lowest BCUT2D eigenvalue weighted by molar-refractivity contribution is 0.266. The lowest BCUT2D eigenvalue weighted by Gasteiger charge is -2.28. The highest BCUT2D eigenvalue weighted by atomic mass is 15.3. The van der Waals surface area contributed by atoms with Gasteiger partial charge in [0, 0.05) is 25.0 Å². The summed E-state index contributed by atoms with van der Waals surface area (Å²) in [5.41, 5.74) is 3.24. The van der Waals surface area contributed by atoms with Crippen LogP contribution in [-0.4, -0.2) is 16.3 Å². The van der Waals surface area contributed by atoms with Crippen LogP contribution in [0.5, 0.6) is 0 Å². The Labute approximate surface area is 114 Å². The zero-order valence-electron chi connectivity index (χ0n) is 11.6. The largest absolute Gasteiger partial charge is 0.308 e. The molecule has 0 fully saturated rings. The summed E-state index contributed by atoms with van der Waals surface area (Å²) in [4.78, 5) is 0. The van der Waals surface area contributed by atoms with Gasteiger partial charge >= 0.3 is 0 Å². The fourth-order valence-electron chi connectivity index (χ4n) is 3.13. The summed E-state index contributed by atoms with van der Waals surface area (Å²) in [5, 5.41) is 7.94. The first kappa shape index (κ1) is 12.4. The Morgan fingerprint density at radius 2 is 2.16 bits per heavy atom. The fourth-order valence-corrected chi connectivity index (χ4v) is 3.13. The van der Waals surface area contributed by atoms with Crippen molar-refractivity contribution < 1.29 is 0 Å². The van der Waals surface area contributed by atoms with Gasteiger partial charge in [-0.05, 0) is 29.0 Å². The molecule has 0 saturated heterocycles. The number of rotatable bonds is 4. The molecule has 0 aliphatic heterocycles. The van der Waals surface area contributed by atoms with E-state index in [2.05, 4.69) is 48.5 Å². The summed E-state index contributed by atoms with van der Waals surface area (Å²) < 4.78 is 1.97. The maximum Gasteiger partial charge on any atom is 0.0534 e. The third-order valence-electron chi connectivity index (χ3n) is 4.04. The number of nitrogens with zero attached hydrogens (tertiary/aromatic N) is 2. The Balaban J connectivity index is 1.69. The first-order valence-electron chi connectivity index (χ1n) is 6.95. The van der Waals surface area contributed by atoms with Crippen LogP contribution in [0.1, 0.15) is 31.0 Å². The van der Waals surface area contributed by atoms with E-state index in [1.807, 2.05) is 23.1 Å². The van der Waals surface area contributed by atoms with Gasteiger partial charge in [-0.15, -0.1) is 0 Å². The Morgan fingerprint density at radius 3 is 2.95 bits per heavy atom. The van der Waals surface area contributed by atoms with Crippen LogP contribution in [0.15, 0.2) is 42.7 Å². The van der Waals surface area contributed by atoms with Crippen molar-refractivity contribution in [3.63, 3.8) is 0 Å². The second kappa shape index (κ2) is 4.82. The van der Waals surface area contributed by atoms with Crippen molar-refractivity contribution in [3.05, 3.63) is 53.9 Å². The summed E-state index contributed by atoms with van der Waals surface area (Å²) >= 11 is 0. The van der Waals surface area contributed by atoms with Crippen molar-refractivity contribution in [2.75, 3.05) is 6.54 Å². The van der Waals surface area contributed by atoms with E-state index in [9.17, 15) is 0 Å². The highest BCUT2D eigenvalue weighted by Gasteiger charge is 2.37. The van der Waals surface area contributed by atoms with Crippen molar-refractivity contribution in [2.24, 2.45) is 5.41 Å². The maximum atomic E-state index is 4.24. The van der Waals surface area contributed by atoms with Gasteiger partial charge in [0.25, 0.3) is 0 Å². The van der Waals surface area contributed by atoms with Gasteiger partial charge in [-0.3, -0.25) is 4.68 Å². The Morgan fingerprint density at radius 1 is 1.32 bits per heavy atom. The van der Waals surface area contributed by atoms with Crippen LogP contribution in [0.4, 0.5) is 0 Å². The molecule has 1 N–H and O–H groups in total. The lowest BCUT2D eigenvalue weighted by atomic mass is 9.85. The van der Waals surface area contributed by atoms with Crippen LogP contribution in [0.3, 0.4) is 0 Å². The minimum Gasteiger partial charge on any atom is -0.308 e. The van der Waals surface area contributed by atoms with Crippen LogP contribution in [-0.2, 0) is 13.0 Å². The Hall–Kier alpha value is -1.61. The second-order valence-electron chi connectivity index (χ2n) is 6.02. The summed E-state index contributed by atoms with van der Waals surface area (Å²) in [6.45, 7) is 6.56. The molecule has 0 radical (unpaired) electrons. The summed E-state index contributed by atoms with van der Waals surface area (Å²) in [6, 6.07) is 11.2. The molecule has 100 valence electrons. The van der Waals surface area contributed by atoms with Crippen molar-refractivity contribution in [3.8, 4) is 0 Å². The van der Waals surface area contributed by atoms with Gasteiger partial charge < -0.3 is 5.32 Å². The van der Waals surface area contributed by atoms with Crippen LogP contribution < -0.4 is 5.32 Å². The molecule has 1 aliphatic carbocycles. The normalized spacial score (nSPS) is 20.4. The summed E-state index contributed by atoms with van der Waals surface area (Å²) in [5.74, 6) is 0. The molecule has 1 unspecified atom stereocenters. The molecule has 3 rings (SSSR count).